The van der Waals surface area contributed by atoms with Crippen LogP contribution in [0.3, 0.4) is 0 Å². The van der Waals surface area contributed by atoms with Gasteiger partial charge in [0.05, 0.1) is 5.56 Å². The van der Waals surface area contributed by atoms with Crippen LogP contribution in [0.2, 0.25) is 0 Å². The number of hydrogen-bond donors (Lipinski definition) is 3. The van der Waals surface area contributed by atoms with Crippen LogP contribution in [0.1, 0.15) is 31.8 Å². The van der Waals surface area contributed by atoms with E-state index in [0.717, 1.165) is 5.56 Å². The van der Waals surface area contributed by atoms with Crippen molar-refractivity contribution < 1.29 is 14.7 Å². The summed E-state index contributed by atoms with van der Waals surface area (Å²) in [6.07, 6.45) is 0. The van der Waals surface area contributed by atoms with E-state index < -0.39 is 5.97 Å². The van der Waals surface area contributed by atoms with Crippen molar-refractivity contribution in [3.05, 3.63) is 64.7 Å². The number of rotatable bonds is 3. The van der Waals surface area contributed by atoms with Gasteiger partial charge in [-0.3, -0.25) is 10.1 Å². The number of thiocarbonyl (C=S) groups is 1. The van der Waals surface area contributed by atoms with Gasteiger partial charge in [0.15, 0.2) is 5.11 Å². The number of hydrogen-bond acceptors (Lipinski definition) is 3. The zero-order valence-corrected chi connectivity index (χ0v) is 13.5. The molecule has 2 aromatic rings. The smallest absolute Gasteiger partial charge is 0.336 e. The molecule has 0 spiro atoms. The lowest BCUT2D eigenvalue weighted by Gasteiger charge is -2.13. The monoisotopic (exact) mass is 328 g/mol. The number of benzene rings is 2. The number of anilines is 1. The maximum Gasteiger partial charge on any atom is 0.336 e. The van der Waals surface area contributed by atoms with E-state index in [-0.39, 0.29) is 16.6 Å². The summed E-state index contributed by atoms with van der Waals surface area (Å²) >= 11 is 5.12. The largest absolute Gasteiger partial charge is 0.478 e. The summed E-state index contributed by atoms with van der Waals surface area (Å²) in [6.45, 7) is 3.61. The molecular weight excluding hydrogens is 312 g/mol. The Morgan fingerprint density at radius 2 is 1.70 bits per heavy atom. The van der Waals surface area contributed by atoms with E-state index in [4.69, 9.17) is 17.3 Å². The van der Waals surface area contributed by atoms with Gasteiger partial charge in [-0.05, 0) is 55.9 Å². The molecule has 0 heterocycles. The van der Waals surface area contributed by atoms with Crippen LogP contribution in [0, 0.1) is 13.8 Å². The van der Waals surface area contributed by atoms with Gasteiger partial charge in [0.1, 0.15) is 0 Å². The first kappa shape index (κ1) is 16.6. The maximum absolute atomic E-state index is 12.1. The Hall–Kier alpha value is -2.73. The summed E-state index contributed by atoms with van der Waals surface area (Å²) in [7, 11) is 0. The third-order valence-electron chi connectivity index (χ3n) is 3.35. The number of amides is 1. The molecule has 0 aliphatic rings. The number of carbonyl (C=O) groups is 2. The minimum atomic E-state index is -1.01. The fraction of sp³-hybridized carbons (Fsp3) is 0.118. The van der Waals surface area contributed by atoms with Crippen LogP contribution in [0.4, 0.5) is 5.69 Å². The molecule has 2 rings (SSSR count). The highest BCUT2D eigenvalue weighted by Crippen LogP contribution is 2.18. The van der Waals surface area contributed by atoms with Crippen molar-refractivity contribution in [3.63, 3.8) is 0 Å². The predicted molar refractivity (Wildman–Crippen MR) is 93.0 cm³/mol. The van der Waals surface area contributed by atoms with Crippen LogP contribution < -0.4 is 10.6 Å². The van der Waals surface area contributed by atoms with E-state index in [9.17, 15) is 9.59 Å². The molecule has 1 amide bonds. The molecule has 0 saturated carbocycles. The molecule has 0 saturated heterocycles. The van der Waals surface area contributed by atoms with E-state index in [2.05, 4.69) is 10.6 Å². The second-order valence-corrected chi connectivity index (χ2v) is 5.47. The van der Waals surface area contributed by atoms with E-state index in [1.165, 1.54) is 6.07 Å². The van der Waals surface area contributed by atoms with E-state index >= 15 is 0 Å². The molecule has 0 aliphatic heterocycles. The molecule has 3 N–H and O–H groups in total. The molecule has 0 bridgehead atoms. The van der Waals surface area contributed by atoms with Crippen LogP contribution in [-0.4, -0.2) is 22.1 Å². The lowest BCUT2D eigenvalue weighted by Crippen LogP contribution is -2.34. The minimum absolute atomic E-state index is 0.112. The van der Waals surface area contributed by atoms with Crippen molar-refractivity contribution in [1.29, 1.82) is 0 Å². The van der Waals surface area contributed by atoms with E-state index in [1.54, 1.807) is 31.2 Å². The van der Waals surface area contributed by atoms with Crippen LogP contribution in [0.5, 0.6) is 0 Å². The third-order valence-corrected chi connectivity index (χ3v) is 3.56. The quantitative estimate of drug-likeness (QED) is 0.755. The Bertz CT molecular complexity index is 770. The molecule has 0 radical (unpaired) electrons. The van der Waals surface area contributed by atoms with Crippen LogP contribution >= 0.6 is 12.2 Å². The molecule has 23 heavy (non-hydrogen) atoms. The highest BCUT2D eigenvalue weighted by atomic mass is 32.1. The van der Waals surface area contributed by atoms with Gasteiger partial charge in [0.25, 0.3) is 5.91 Å². The Morgan fingerprint density at radius 1 is 1.04 bits per heavy atom. The van der Waals surface area contributed by atoms with Crippen LogP contribution in [0.15, 0.2) is 42.5 Å². The second-order valence-electron chi connectivity index (χ2n) is 5.06. The van der Waals surface area contributed by atoms with Gasteiger partial charge >= 0.3 is 5.97 Å². The summed E-state index contributed by atoms with van der Waals surface area (Å²) in [5.74, 6) is -1.34. The van der Waals surface area contributed by atoms with E-state index in [0.29, 0.717) is 16.8 Å². The predicted octanol–water partition coefficient (Wildman–Crippen LogP) is 3.13. The van der Waals surface area contributed by atoms with Crippen molar-refractivity contribution in [1.82, 2.24) is 5.32 Å². The number of carbonyl (C=O) groups excluding carboxylic acids is 1. The van der Waals surface area contributed by atoms with Crippen molar-refractivity contribution in [2.45, 2.75) is 13.8 Å². The molecule has 6 heteroatoms. The summed E-state index contributed by atoms with van der Waals surface area (Å²) < 4.78 is 0. The second kappa shape index (κ2) is 7.02. The van der Waals surface area contributed by atoms with Crippen molar-refractivity contribution in [3.8, 4) is 0 Å². The van der Waals surface area contributed by atoms with Gasteiger partial charge in [-0.15, -0.1) is 0 Å². The fourth-order valence-electron chi connectivity index (χ4n) is 2.04. The molecule has 0 fully saturated rings. The molecule has 0 unspecified atom stereocenters. The summed E-state index contributed by atoms with van der Waals surface area (Å²) in [5.41, 5.74) is 2.83. The molecule has 2 aromatic carbocycles. The molecule has 0 atom stereocenters. The number of carboxylic acid groups (broad SMARTS) is 1. The zero-order valence-electron chi connectivity index (χ0n) is 12.7. The topological polar surface area (TPSA) is 78.4 Å². The van der Waals surface area contributed by atoms with Gasteiger partial charge in [-0.25, -0.2) is 4.79 Å². The first-order valence-electron chi connectivity index (χ1n) is 6.90. The van der Waals surface area contributed by atoms with Gasteiger partial charge in [0.2, 0.25) is 0 Å². The average molecular weight is 328 g/mol. The Balaban J connectivity index is 2.08. The Kier molecular flexibility index (Phi) is 5.08. The minimum Gasteiger partial charge on any atom is -0.478 e. The fourth-order valence-corrected chi connectivity index (χ4v) is 2.24. The van der Waals surface area contributed by atoms with Gasteiger partial charge in [-0.2, -0.15) is 0 Å². The number of carboxylic acids is 1. The highest BCUT2D eigenvalue weighted by Gasteiger charge is 2.12. The van der Waals surface area contributed by atoms with Gasteiger partial charge in [-0.1, -0.05) is 23.8 Å². The molecule has 5 nitrogen and oxygen atoms in total. The number of aryl methyl sites for hydroxylation is 1. The molecule has 0 aliphatic carbocycles. The maximum atomic E-state index is 12.1. The Labute approximate surface area is 139 Å². The van der Waals surface area contributed by atoms with Crippen LogP contribution in [-0.2, 0) is 0 Å². The summed E-state index contributed by atoms with van der Waals surface area (Å²) in [5, 5.41) is 14.7. The number of nitrogens with one attached hydrogen (secondary N) is 2. The van der Waals surface area contributed by atoms with E-state index in [1.807, 2.05) is 19.1 Å². The lowest BCUT2D eigenvalue weighted by molar-refractivity contribution is 0.0696. The average Bonchev–Trinajstić information content (AvgIpc) is 2.49. The molecule has 0 aromatic heterocycles. The highest BCUT2D eigenvalue weighted by molar-refractivity contribution is 7.80. The van der Waals surface area contributed by atoms with Crippen molar-refractivity contribution in [2.75, 3.05) is 5.32 Å². The normalized spacial score (nSPS) is 10.0. The Morgan fingerprint density at radius 3 is 2.30 bits per heavy atom. The van der Waals surface area contributed by atoms with Crippen molar-refractivity contribution in [2.24, 2.45) is 0 Å². The number of aromatic carboxylic acids is 1. The summed E-state index contributed by atoms with van der Waals surface area (Å²) in [6, 6.07) is 11.9. The zero-order chi connectivity index (χ0) is 17.0. The lowest BCUT2D eigenvalue weighted by atomic mass is 10.1. The summed E-state index contributed by atoms with van der Waals surface area (Å²) in [4.78, 5) is 23.2. The van der Waals surface area contributed by atoms with Gasteiger partial charge < -0.3 is 10.4 Å². The van der Waals surface area contributed by atoms with Crippen LogP contribution in [0.25, 0.3) is 0 Å². The standard InChI is InChI=1S/C17H16N2O3S/c1-10-6-8-12(9-7-10)15(20)19-17(23)18-14-5-3-4-13(11(14)2)16(21)22/h3-9H,1-2H3,(H,21,22)(H2,18,19,20,23). The first-order valence-corrected chi connectivity index (χ1v) is 7.31. The SMILES string of the molecule is Cc1ccc(C(=O)NC(=S)Nc2cccc(C(=O)O)c2C)cc1. The van der Waals surface area contributed by atoms with Crippen molar-refractivity contribution >= 4 is 34.9 Å². The molecule has 118 valence electrons. The molecular formula is C17H16N2O3S. The van der Waals surface area contributed by atoms with Gasteiger partial charge in [0, 0.05) is 11.3 Å². The third kappa shape index (κ3) is 4.14. The first-order chi connectivity index (χ1) is 10.9.